The first-order chi connectivity index (χ1) is 10.8. The average molecular weight is 298 g/mol. The molecule has 1 aliphatic carbocycles. The third-order valence-corrected chi connectivity index (χ3v) is 4.44. The van der Waals surface area contributed by atoms with Crippen molar-refractivity contribution in [2.24, 2.45) is 0 Å². The fourth-order valence-electron chi connectivity index (χ4n) is 3.20. The highest BCUT2D eigenvalue weighted by atomic mass is 16.4. The lowest BCUT2D eigenvalue weighted by Crippen LogP contribution is -2.12. The monoisotopic (exact) mass is 298 g/mol. The molecule has 0 saturated carbocycles. The van der Waals surface area contributed by atoms with Gasteiger partial charge in [0.05, 0.1) is 5.56 Å². The molecule has 2 aromatic rings. The van der Waals surface area contributed by atoms with Crippen LogP contribution in [0.2, 0.25) is 0 Å². The molecule has 0 spiro atoms. The first-order valence-electron chi connectivity index (χ1n) is 8.16. The maximum absolute atomic E-state index is 12.1. The van der Waals surface area contributed by atoms with E-state index >= 15 is 0 Å². The molecule has 0 aliphatic heterocycles. The second-order valence-corrected chi connectivity index (χ2v) is 6.02. The van der Waals surface area contributed by atoms with Gasteiger partial charge in [-0.05, 0) is 44.1 Å². The second kappa shape index (κ2) is 6.82. The first-order valence-corrected chi connectivity index (χ1v) is 8.16. The van der Waals surface area contributed by atoms with Gasteiger partial charge in [0.15, 0.2) is 0 Å². The first kappa shape index (κ1) is 14.9. The van der Waals surface area contributed by atoms with Gasteiger partial charge in [-0.1, -0.05) is 36.8 Å². The van der Waals surface area contributed by atoms with Crippen molar-refractivity contribution >= 4 is 0 Å². The van der Waals surface area contributed by atoms with Crippen molar-refractivity contribution in [2.75, 3.05) is 0 Å². The quantitative estimate of drug-likeness (QED) is 0.874. The molecule has 3 heteroatoms. The molecule has 0 fully saturated rings. The summed E-state index contributed by atoms with van der Waals surface area (Å²) in [5, 5.41) is 10.5. The Balaban J connectivity index is 1.76. The van der Waals surface area contributed by atoms with Crippen LogP contribution in [0.1, 0.15) is 48.1 Å². The molecule has 0 amide bonds. The van der Waals surface area contributed by atoms with Crippen LogP contribution in [0.15, 0.2) is 39.5 Å². The van der Waals surface area contributed by atoms with Crippen molar-refractivity contribution in [2.45, 2.75) is 51.4 Å². The predicted molar refractivity (Wildman–Crippen MR) is 86.4 cm³/mol. The van der Waals surface area contributed by atoms with E-state index in [0.29, 0.717) is 17.7 Å². The van der Waals surface area contributed by atoms with Gasteiger partial charge in [0.1, 0.15) is 11.5 Å². The minimum absolute atomic E-state index is 0.196. The van der Waals surface area contributed by atoms with Gasteiger partial charge in [-0.25, -0.2) is 4.79 Å². The summed E-state index contributed by atoms with van der Waals surface area (Å²) in [6.07, 6.45) is 7.09. The molecule has 0 atom stereocenters. The van der Waals surface area contributed by atoms with Crippen LogP contribution in [-0.4, -0.2) is 5.11 Å². The van der Waals surface area contributed by atoms with Crippen LogP contribution >= 0.6 is 0 Å². The molecule has 0 radical (unpaired) electrons. The Hall–Kier alpha value is -2.03. The van der Waals surface area contributed by atoms with Crippen LogP contribution in [0, 0.1) is 0 Å². The molecule has 116 valence electrons. The fourth-order valence-corrected chi connectivity index (χ4v) is 3.20. The number of aromatic hydroxyl groups is 1. The number of hydrogen-bond acceptors (Lipinski definition) is 3. The normalized spacial score (nSPS) is 14.4. The highest BCUT2D eigenvalue weighted by Gasteiger charge is 2.20. The van der Waals surface area contributed by atoms with Gasteiger partial charge in [-0.3, -0.25) is 0 Å². The molecule has 1 aromatic carbocycles. The van der Waals surface area contributed by atoms with Gasteiger partial charge in [-0.15, -0.1) is 0 Å². The zero-order valence-electron chi connectivity index (χ0n) is 12.8. The highest BCUT2D eigenvalue weighted by Crippen LogP contribution is 2.30. The van der Waals surface area contributed by atoms with Gasteiger partial charge in [0, 0.05) is 12.0 Å². The Morgan fingerprint density at radius 1 is 1.00 bits per heavy atom. The summed E-state index contributed by atoms with van der Waals surface area (Å²) in [7, 11) is 0. The van der Waals surface area contributed by atoms with Crippen molar-refractivity contribution in [3.8, 4) is 5.75 Å². The van der Waals surface area contributed by atoms with Crippen molar-refractivity contribution in [3.63, 3.8) is 0 Å². The average Bonchev–Trinajstić information content (AvgIpc) is 2.77. The smallest absolute Gasteiger partial charge is 0.342 e. The lowest BCUT2D eigenvalue weighted by atomic mass is 10.0. The minimum Gasteiger partial charge on any atom is -0.507 e. The molecular formula is C19H22O3. The van der Waals surface area contributed by atoms with Crippen molar-refractivity contribution in [3.05, 3.63) is 63.2 Å². The Labute approximate surface area is 130 Å². The zero-order valence-corrected chi connectivity index (χ0v) is 12.8. The molecule has 3 nitrogen and oxygen atoms in total. The summed E-state index contributed by atoms with van der Waals surface area (Å²) in [6.45, 7) is 0. The maximum atomic E-state index is 12.1. The molecule has 1 aliphatic rings. The molecular weight excluding hydrogens is 276 g/mol. The fraction of sp³-hybridized carbons (Fsp3) is 0.421. The second-order valence-electron chi connectivity index (χ2n) is 6.02. The summed E-state index contributed by atoms with van der Waals surface area (Å²) in [5.74, 6) is 0.896. The third kappa shape index (κ3) is 3.24. The maximum Gasteiger partial charge on any atom is 0.342 e. The summed E-state index contributed by atoms with van der Waals surface area (Å²) in [5.41, 5.74) is 2.22. The number of rotatable bonds is 4. The van der Waals surface area contributed by atoms with Gasteiger partial charge in [0.25, 0.3) is 0 Å². The van der Waals surface area contributed by atoms with E-state index in [1.807, 2.05) is 18.2 Å². The van der Waals surface area contributed by atoms with Crippen LogP contribution in [-0.2, 0) is 25.7 Å². The van der Waals surface area contributed by atoms with Crippen LogP contribution < -0.4 is 5.63 Å². The molecule has 0 unspecified atom stereocenters. The molecule has 1 aromatic heterocycles. The number of hydrogen-bond donors (Lipinski definition) is 1. The van der Waals surface area contributed by atoms with E-state index in [1.54, 1.807) is 0 Å². The topological polar surface area (TPSA) is 50.4 Å². The molecule has 3 rings (SSSR count). The summed E-state index contributed by atoms with van der Waals surface area (Å²) in [6, 6.07) is 10.2. The molecule has 1 N–H and O–H groups in total. The zero-order chi connectivity index (χ0) is 15.4. The van der Waals surface area contributed by atoms with Crippen molar-refractivity contribution in [1.82, 2.24) is 0 Å². The van der Waals surface area contributed by atoms with Gasteiger partial charge in [-0.2, -0.15) is 0 Å². The summed E-state index contributed by atoms with van der Waals surface area (Å²) >= 11 is 0. The van der Waals surface area contributed by atoms with Crippen LogP contribution in [0.3, 0.4) is 0 Å². The Kier molecular flexibility index (Phi) is 4.62. The lowest BCUT2D eigenvalue weighted by molar-refractivity contribution is 0.402. The van der Waals surface area contributed by atoms with Crippen LogP contribution in [0.5, 0.6) is 5.75 Å². The van der Waals surface area contributed by atoms with E-state index in [1.165, 1.54) is 5.56 Å². The molecule has 22 heavy (non-hydrogen) atoms. The summed E-state index contributed by atoms with van der Waals surface area (Å²) in [4.78, 5) is 12.1. The number of aryl methyl sites for hydroxylation is 2. The molecule has 0 saturated heterocycles. The van der Waals surface area contributed by atoms with E-state index in [-0.39, 0.29) is 11.4 Å². The van der Waals surface area contributed by atoms with Crippen molar-refractivity contribution < 1.29 is 9.52 Å². The van der Waals surface area contributed by atoms with E-state index in [4.69, 9.17) is 4.42 Å². The number of benzene rings is 1. The molecule has 1 heterocycles. The van der Waals surface area contributed by atoms with E-state index in [2.05, 4.69) is 12.1 Å². The van der Waals surface area contributed by atoms with Gasteiger partial charge >= 0.3 is 5.63 Å². The Morgan fingerprint density at radius 3 is 2.59 bits per heavy atom. The Bertz CT molecular complexity index is 686. The largest absolute Gasteiger partial charge is 0.507 e. The molecule has 0 bridgehead atoms. The third-order valence-electron chi connectivity index (χ3n) is 4.44. The number of fused-ring (bicyclic) bond motifs is 1. The van der Waals surface area contributed by atoms with E-state index < -0.39 is 0 Å². The standard InChI is InChI=1S/C19H22O3/c20-18-15-11-5-2-6-13-17(15)22-19(21)16(18)12-7-10-14-8-3-1-4-9-14/h1,3-4,8-9,20H,2,5-7,10-13H2. The lowest BCUT2D eigenvalue weighted by Gasteiger charge is -2.10. The SMILES string of the molecule is O=c1oc2c(c(O)c1CCCc1ccccc1)CCCCC2. The van der Waals surface area contributed by atoms with Crippen LogP contribution in [0.4, 0.5) is 0 Å². The minimum atomic E-state index is -0.355. The summed E-state index contributed by atoms with van der Waals surface area (Å²) < 4.78 is 5.48. The Morgan fingerprint density at radius 2 is 1.77 bits per heavy atom. The van der Waals surface area contributed by atoms with E-state index in [9.17, 15) is 9.90 Å². The predicted octanol–water partition coefficient (Wildman–Crippen LogP) is 3.79. The van der Waals surface area contributed by atoms with E-state index in [0.717, 1.165) is 50.5 Å². The van der Waals surface area contributed by atoms with Gasteiger partial charge in [0.2, 0.25) is 0 Å². The highest BCUT2D eigenvalue weighted by molar-refractivity contribution is 5.40. The van der Waals surface area contributed by atoms with Gasteiger partial charge < -0.3 is 9.52 Å². The van der Waals surface area contributed by atoms with Crippen molar-refractivity contribution in [1.29, 1.82) is 0 Å². The van der Waals surface area contributed by atoms with Crippen LogP contribution in [0.25, 0.3) is 0 Å².